The number of pyridine rings is 1. The maximum Gasteiger partial charge on any atom is 0.182 e. The van der Waals surface area contributed by atoms with E-state index in [4.69, 9.17) is 19.9 Å². The molecule has 50 heavy (non-hydrogen) atoms. The van der Waals surface area contributed by atoms with Gasteiger partial charge < -0.3 is 0 Å². The van der Waals surface area contributed by atoms with Crippen LogP contribution < -0.4 is 5.19 Å². The lowest BCUT2D eigenvalue weighted by molar-refractivity contribution is 0.686. The fraction of sp³-hybridized carbons (Fsp3) is 0.156. The van der Waals surface area contributed by atoms with Gasteiger partial charge in [0, 0.05) is 16.7 Å². The first kappa shape index (κ1) is 31.7. The lowest BCUT2D eigenvalue weighted by Crippen LogP contribution is -2.37. The van der Waals surface area contributed by atoms with Gasteiger partial charge in [0.2, 0.25) is 0 Å². The Labute approximate surface area is 296 Å². The van der Waals surface area contributed by atoms with Crippen molar-refractivity contribution in [1.29, 1.82) is 0 Å². The molecule has 5 heteroatoms. The van der Waals surface area contributed by atoms with Gasteiger partial charge in [0.25, 0.3) is 0 Å². The second-order valence-corrected chi connectivity index (χ2v) is 19.3. The number of hydrogen-bond acceptors (Lipinski definition) is 4. The topological polar surface area (TPSA) is 51.6 Å². The summed E-state index contributed by atoms with van der Waals surface area (Å²) in [5, 5.41) is 1.48. The number of aryl methyl sites for hydroxylation is 1. The normalized spacial score (nSPS) is 12.8. The van der Waals surface area contributed by atoms with Crippen molar-refractivity contribution in [1.82, 2.24) is 19.9 Å². The van der Waals surface area contributed by atoms with E-state index in [-0.39, 0.29) is 0 Å². The van der Waals surface area contributed by atoms with Crippen molar-refractivity contribution in [3.8, 4) is 67.8 Å². The summed E-state index contributed by atoms with van der Waals surface area (Å²) >= 11 is 0. The number of aromatic nitrogens is 4. The minimum Gasteiger partial charge on any atom is -0.244 e. The van der Waals surface area contributed by atoms with Crippen molar-refractivity contribution in [2.75, 3.05) is 0 Å². The molecule has 0 fully saturated rings. The zero-order valence-corrected chi connectivity index (χ0v) is 29.9. The predicted molar refractivity (Wildman–Crippen MR) is 210 cm³/mol. The molecule has 0 saturated heterocycles. The van der Waals surface area contributed by atoms with Gasteiger partial charge in [0.05, 0.1) is 13.8 Å². The molecular formula is C45H40N4Si. The first-order valence-corrected chi connectivity index (χ1v) is 21.1. The summed E-state index contributed by atoms with van der Waals surface area (Å²) in [6.45, 7) is 7.17. The highest BCUT2D eigenvalue weighted by molar-refractivity contribution is 6.88. The summed E-state index contributed by atoms with van der Waals surface area (Å²) in [5.41, 5.74) is 12.3. The molecule has 5 aromatic carbocycles. The first-order valence-electron chi connectivity index (χ1n) is 17.6. The molecule has 1 aliphatic rings. The summed E-state index contributed by atoms with van der Waals surface area (Å²) in [5.74, 6) is 1.94. The van der Waals surface area contributed by atoms with E-state index in [1.807, 2.05) is 30.3 Å². The van der Waals surface area contributed by atoms with Crippen LogP contribution in [-0.4, -0.2) is 28.0 Å². The lowest BCUT2D eigenvalue weighted by atomic mass is 9.88. The van der Waals surface area contributed by atoms with Crippen LogP contribution in [0.15, 0.2) is 140 Å². The predicted octanol–water partition coefficient (Wildman–Crippen LogP) is 10.7. The molecule has 0 unspecified atom stereocenters. The van der Waals surface area contributed by atoms with Crippen LogP contribution in [0.2, 0.25) is 19.6 Å². The minimum absolute atomic E-state index is 0.577. The van der Waals surface area contributed by atoms with Gasteiger partial charge >= 0.3 is 0 Å². The molecular weight excluding hydrogens is 625 g/mol. The third kappa shape index (κ3) is 6.57. The Balaban J connectivity index is 1.16. The highest BCUT2D eigenvalue weighted by Crippen LogP contribution is 2.33. The van der Waals surface area contributed by atoms with Gasteiger partial charge in [-0.1, -0.05) is 140 Å². The number of hydrogen-bond donors (Lipinski definition) is 0. The summed E-state index contributed by atoms with van der Waals surface area (Å²) in [6.07, 6.45) is 4.56. The van der Waals surface area contributed by atoms with E-state index in [1.54, 1.807) is 0 Å². The molecule has 0 saturated carbocycles. The van der Waals surface area contributed by atoms with Gasteiger partial charge in [0.1, 0.15) is 5.69 Å². The number of rotatable bonds is 7. The molecule has 7 aromatic rings. The molecule has 0 radical (unpaired) electrons. The van der Waals surface area contributed by atoms with E-state index in [1.165, 1.54) is 45.8 Å². The average Bonchev–Trinajstić information content (AvgIpc) is 3.18. The molecule has 8 rings (SSSR count). The smallest absolute Gasteiger partial charge is 0.182 e. The van der Waals surface area contributed by atoms with Crippen LogP contribution in [-0.2, 0) is 12.8 Å². The van der Waals surface area contributed by atoms with Gasteiger partial charge in [-0.25, -0.2) is 19.9 Å². The second-order valence-electron chi connectivity index (χ2n) is 14.2. The molecule has 0 amide bonds. The van der Waals surface area contributed by atoms with Gasteiger partial charge in [-0.2, -0.15) is 0 Å². The fourth-order valence-corrected chi connectivity index (χ4v) is 8.10. The molecule has 4 nitrogen and oxygen atoms in total. The van der Waals surface area contributed by atoms with Crippen LogP contribution in [0.3, 0.4) is 0 Å². The van der Waals surface area contributed by atoms with Crippen molar-refractivity contribution < 1.29 is 0 Å². The summed E-state index contributed by atoms with van der Waals surface area (Å²) < 4.78 is 0. The van der Waals surface area contributed by atoms with Crippen LogP contribution in [0.1, 0.15) is 24.0 Å². The van der Waals surface area contributed by atoms with Crippen molar-refractivity contribution in [3.63, 3.8) is 0 Å². The molecule has 2 heterocycles. The van der Waals surface area contributed by atoms with E-state index in [9.17, 15) is 0 Å². The van der Waals surface area contributed by atoms with Crippen molar-refractivity contribution >= 4 is 13.3 Å². The molecule has 2 aromatic heterocycles. The lowest BCUT2D eigenvalue weighted by Gasteiger charge is -2.19. The fourth-order valence-electron chi connectivity index (χ4n) is 6.94. The Morgan fingerprint density at radius 2 is 1.00 bits per heavy atom. The molecule has 0 N–H and O–H groups in total. The standard InChI is InChI=1S/C45H40N4Si/c1-50(2,3)38-27-25-31(26-28-38)34-17-9-18-35(29-34)36-19-10-20-37(30-36)41-23-12-24-42(46-41)45-48-43(33-14-5-4-6-15-33)47-44(49-45)40-22-11-16-32-13-7-8-21-39(32)40/h4-6,9-12,14-20,22-30H,7-8,13,21H2,1-3H3. The number of benzene rings is 5. The molecule has 0 aliphatic heterocycles. The summed E-state index contributed by atoms with van der Waals surface area (Å²) in [4.78, 5) is 20.2. The zero-order valence-electron chi connectivity index (χ0n) is 28.9. The average molecular weight is 665 g/mol. The molecule has 244 valence electrons. The summed E-state index contributed by atoms with van der Waals surface area (Å²) in [6, 6.07) is 49.4. The van der Waals surface area contributed by atoms with Crippen LogP contribution in [0.5, 0.6) is 0 Å². The first-order chi connectivity index (χ1) is 24.4. The Hall–Kier alpha value is -5.52. The van der Waals surface area contributed by atoms with Crippen LogP contribution in [0, 0.1) is 0 Å². The SMILES string of the molecule is C[Si](C)(C)c1ccc(-c2cccc(-c3cccc(-c4cccc(-c5nc(-c6ccccc6)nc(-c6cccc7c6CCCC7)n5)n4)c3)c2)cc1. The zero-order chi connectivity index (χ0) is 34.1. The minimum atomic E-state index is -1.34. The Morgan fingerprint density at radius 3 is 1.76 bits per heavy atom. The van der Waals surface area contributed by atoms with E-state index in [0.29, 0.717) is 17.5 Å². The molecule has 0 spiro atoms. The van der Waals surface area contributed by atoms with Crippen molar-refractivity contribution in [3.05, 3.63) is 151 Å². The molecule has 0 bridgehead atoms. The molecule has 0 atom stereocenters. The number of nitrogens with zero attached hydrogens (tertiary/aromatic N) is 4. The van der Waals surface area contributed by atoms with Crippen molar-refractivity contribution in [2.24, 2.45) is 0 Å². The van der Waals surface area contributed by atoms with Gasteiger partial charge in [-0.3, -0.25) is 0 Å². The van der Waals surface area contributed by atoms with Crippen LogP contribution in [0.4, 0.5) is 0 Å². The number of fused-ring (bicyclic) bond motifs is 1. The van der Waals surface area contributed by atoms with Gasteiger partial charge in [-0.05, 0) is 83.3 Å². The van der Waals surface area contributed by atoms with Crippen molar-refractivity contribution in [2.45, 2.75) is 45.3 Å². The third-order valence-electron chi connectivity index (χ3n) is 9.72. The van der Waals surface area contributed by atoms with Gasteiger partial charge in [0.15, 0.2) is 17.5 Å². The second kappa shape index (κ2) is 13.4. The maximum absolute atomic E-state index is 5.15. The van der Waals surface area contributed by atoms with E-state index >= 15 is 0 Å². The molecule has 1 aliphatic carbocycles. The Bertz CT molecular complexity index is 2310. The third-order valence-corrected chi connectivity index (χ3v) is 11.8. The quantitative estimate of drug-likeness (QED) is 0.159. The summed E-state index contributed by atoms with van der Waals surface area (Å²) in [7, 11) is -1.34. The van der Waals surface area contributed by atoms with Gasteiger partial charge in [-0.15, -0.1) is 0 Å². The monoisotopic (exact) mass is 664 g/mol. The van der Waals surface area contributed by atoms with Crippen LogP contribution in [0.25, 0.3) is 67.8 Å². The Kier molecular flexibility index (Phi) is 8.51. The highest BCUT2D eigenvalue weighted by atomic mass is 28.3. The maximum atomic E-state index is 5.15. The Morgan fingerprint density at radius 1 is 0.420 bits per heavy atom. The highest BCUT2D eigenvalue weighted by Gasteiger charge is 2.20. The van der Waals surface area contributed by atoms with E-state index in [2.05, 4.69) is 129 Å². The van der Waals surface area contributed by atoms with E-state index in [0.717, 1.165) is 46.5 Å². The van der Waals surface area contributed by atoms with E-state index < -0.39 is 8.07 Å². The largest absolute Gasteiger partial charge is 0.244 e. The van der Waals surface area contributed by atoms with Crippen LogP contribution >= 0.6 is 0 Å².